The number of aromatic nitrogens is 4. The first kappa shape index (κ1) is 23.6. The van der Waals surface area contributed by atoms with Crippen LogP contribution in [0, 0.1) is 11.6 Å². The second kappa shape index (κ2) is 10.2. The monoisotopic (exact) mass is 499 g/mol. The Balaban J connectivity index is 1.52. The smallest absolute Gasteiger partial charge is 0.182 e. The standard InChI is InChI=1S/C25H24ClF2N5O2/c1-2-35-17-12-20(27)19(21(28)13-17)15-33-22-6-4-3-5-18(22)24(31-33)25-29-16(11-23(26)30-25)14-32-7-9-34-10-8-32/h3-6,11-13H,2,7-10,14-15H2,1H3. The van der Waals surface area contributed by atoms with E-state index < -0.39 is 11.6 Å². The van der Waals surface area contributed by atoms with Crippen LogP contribution in [0.1, 0.15) is 18.2 Å². The molecule has 0 unspecified atom stereocenters. The highest BCUT2D eigenvalue weighted by molar-refractivity contribution is 6.29. The minimum absolute atomic E-state index is 0.103. The molecular weight excluding hydrogens is 476 g/mol. The first-order valence-electron chi connectivity index (χ1n) is 11.4. The molecule has 4 aromatic rings. The Bertz CT molecular complexity index is 1330. The number of benzene rings is 2. The van der Waals surface area contributed by atoms with Crippen molar-refractivity contribution in [3.05, 3.63) is 70.5 Å². The second-order valence-electron chi connectivity index (χ2n) is 8.22. The zero-order chi connectivity index (χ0) is 24.4. The maximum Gasteiger partial charge on any atom is 0.182 e. The lowest BCUT2D eigenvalue weighted by Crippen LogP contribution is -2.35. The van der Waals surface area contributed by atoms with Crippen LogP contribution in [0.2, 0.25) is 5.15 Å². The summed E-state index contributed by atoms with van der Waals surface area (Å²) < 4.78 is 41.7. The number of morpholine rings is 1. The Morgan fingerprint density at radius 1 is 1.03 bits per heavy atom. The third kappa shape index (κ3) is 5.12. The summed E-state index contributed by atoms with van der Waals surface area (Å²) in [7, 11) is 0. The Kier molecular flexibility index (Phi) is 6.90. The Morgan fingerprint density at radius 2 is 1.77 bits per heavy atom. The Morgan fingerprint density at radius 3 is 2.51 bits per heavy atom. The first-order chi connectivity index (χ1) is 17.0. The summed E-state index contributed by atoms with van der Waals surface area (Å²) in [5.41, 5.74) is 1.86. The van der Waals surface area contributed by atoms with E-state index in [1.54, 1.807) is 17.7 Å². The molecule has 2 aromatic carbocycles. The van der Waals surface area contributed by atoms with E-state index in [1.165, 1.54) is 12.1 Å². The van der Waals surface area contributed by atoms with Crippen molar-refractivity contribution in [2.75, 3.05) is 32.9 Å². The van der Waals surface area contributed by atoms with E-state index in [0.29, 0.717) is 48.6 Å². The molecule has 5 rings (SSSR count). The zero-order valence-corrected chi connectivity index (χ0v) is 19.9. The van der Waals surface area contributed by atoms with Crippen molar-refractivity contribution in [3.63, 3.8) is 0 Å². The lowest BCUT2D eigenvalue weighted by Gasteiger charge is -2.26. The third-order valence-corrected chi connectivity index (χ3v) is 6.03. The van der Waals surface area contributed by atoms with Crippen molar-refractivity contribution < 1.29 is 18.3 Å². The van der Waals surface area contributed by atoms with Crippen LogP contribution in [0.3, 0.4) is 0 Å². The number of hydrogen-bond acceptors (Lipinski definition) is 6. The predicted octanol–water partition coefficient (Wildman–Crippen LogP) is 4.70. The molecule has 1 fully saturated rings. The molecular formula is C25H24ClF2N5O2. The molecule has 0 N–H and O–H groups in total. The predicted molar refractivity (Wildman–Crippen MR) is 128 cm³/mol. The molecule has 3 heterocycles. The van der Waals surface area contributed by atoms with Gasteiger partial charge in [0.25, 0.3) is 0 Å². The van der Waals surface area contributed by atoms with E-state index >= 15 is 0 Å². The number of fused-ring (bicyclic) bond motifs is 1. The highest BCUT2D eigenvalue weighted by Gasteiger charge is 2.20. The number of rotatable bonds is 7. The molecule has 0 amide bonds. The maximum absolute atomic E-state index is 14.8. The van der Waals surface area contributed by atoms with E-state index in [-0.39, 0.29) is 17.9 Å². The van der Waals surface area contributed by atoms with Gasteiger partial charge in [0, 0.05) is 42.7 Å². The lowest BCUT2D eigenvalue weighted by atomic mass is 10.1. The van der Waals surface area contributed by atoms with Crippen LogP contribution in [-0.2, 0) is 17.8 Å². The molecule has 35 heavy (non-hydrogen) atoms. The molecule has 7 nitrogen and oxygen atoms in total. The fourth-order valence-corrected chi connectivity index (χ4v) is 4.39. The first-order valence-corrected chi connectivity index (χ1v) is 11.8. The van der Waals surface area contributed by atoms with Crippen LogP contribution in [0.5, 0.6) is 5.75 Å². The van der Waals surface area contributed by atoms with Crippen LogP contribution in [0.4, 0.5) is 8.78 Å². The quantitative estimate of drug-likeness (QED) is 0.343. The van der Waals surface area contributed by atoms with E-state index in [9.17, 15) is 8.78 Å². The van der Waals surface area contributed by atoms with Crippen molar-refractivity contribution in [1.82, 2.24) is 24.6 Å². The van der Waals surface area contributed by atoms with Gasteiger partial charge in [0.15, 0.2) is 5.82 Å². The largest absolute Gasteiger partial charge is 0.494 e. The third-order valence-electron chi connectivity index (χ3n) is 5.84. The van der Waals surface area contributed by atoms with Crippen LogP contribution in [-0.4, -0.2) is 57.6 Å². The zero-order valence-electron chi connectivity index (χ0n) is 19.2. The molecule has 0 atom stereocenters. The molecule has 1 aliphatic rings. The molecule has 10 heteroatoms. The number of nitrogens with zero attached hydrogens (tertiary/aromatic N) is 5. The minimum Gasteiger partial charge on any atom is -0.494 e. The average molecular weight is 500 g/mol. The van der Waals surface area contributed by atoms with Gasteiger partial charge >= 0.3 is 0 Å². The van der Waals surface area contributed by atoms with Crippen LogP contribution in [0.25, 0.3) is 22.4 Å². The summed E-state index contributed by atoms with van der Waals surface area (Å²) in [6.45, 7) is 5.57. The SMILES string of the molecule is CCOc1cc(F)c(Cn2nc(-c3nc(Cl)cc(CN4CCOCC4)n3)c3ccccc32)c(F)c1. The number of hydrogen-bond donors (Lipinski definition) is 0. The molecule has 182 valence electrons. The van der Waals surface area contributed by atoms with Crippen molar-refractivity contribution in [3.8, 4) is 17.3 Å². The van der Waals surface area contributed by atoms with Gasteiger partial charge in [-0.05, 0) is 19.1 Å². The molecule has 1 saturated heterocycles. The second-order valence-corrected chi connectivity index (χ2v) is 8.60. The summed E-state index contributed by atoms with van der Waals surface area (Å²) in [5.74, 6) is -0.872. The fraction of sp³-hybridized carbons (Fsp3) is 0.320. The van der Waals surface area contributed by atoms with Gasteiger partial charge < -0.3 is 9.47 Å². The van der Waals surface area contributed by atoms with Gasteiger partial charge in [-0.25, -0.2) is 18.7 Å². The van der Waals surface area contributed by atoms with E-state index in [0.717, 1.165) is 24.2 Å². The van der Waals surface area contributed by atoms with Gasteiger partial charge in [-0.1, -0.05) is 29.8 Å². The molecule has 0 saturated carbocycles. The van der Waals surface area contributed by atoms with Crippen molar-refractivity contribution in [2.45, 2.75) is 20.0 Å². The van der Waals surface area contributed by atoms with Gasteiger partial charge in [0.2, 0.25) is 0 Å². The lowest BCUT2D eigenvalue weighted by molar-refractivity contribution is 0.0336. The summed E-state index contributed by atoms with van der Waals surface area (Å²) >= 11 is 6.35. The molecule has 0 bridgehead atoms. The van der Waals surface area contributed by atoms with Gasteiger partial charge in [-0.15, -0.1) is 0 Å². The molecule has 0 radical (unpaired) electrons. The average Bonchev–Trinajstić information content (AvgIpc) is 3.20. The highest BCUT2D eigenvalue weighted by Crippen LogP contribution is 2.29. The van der Waals surface area contributed by atoms with Crippen LogP contribution < -0.4 is 4.74 Å². The van der Waals surface area contributed by atoms with Gasteiger partial charge in [0.1, 0.15) is 28.2 Å². The van der Waals surface area contributed by atoms with Crippen molar-refractivity contribution in [1.29, 1.82) is 0 Å². The number of halogens is 3. The van der Waals surface area contributed by atoms with Gasteiger partial charge in [-0.3, -0.25) is 9.58 Å². The van der Waals surface area contributed by atoms with Crippen molar-refractivity contribution >= 4 is 22.5 Å². The van der Waals surface area contributed by atoms with Crippen molar-refractivity contribution in [2.24, 2.45) is 0 Å². The molecule has 0 aliphatic carbocycles. The van der Waals surface area contributed by atoms with E-state index in [1.807, 2.05) is 24.3 Å². The Hall–Kier alpha value is -3.14. The fourth-order valence-electron chi connectivity index (χ4n) is 4.18. The molecule has 0 spiro atoms. The van der Waals surface area contributed by atoms with Crippen LogP contribution >= 0.6 is 11.6 Å². The van der Waals surface area contributed by atoms with E-state index in [4.69, 9.17) is 26.1 Å². The van der Waals surface area contributed by atoms with Gasteiger partial charge in [-0.2, -0.15) is 5.10 Å². The topological polar surface area (TPSA) is 65.3 Å². The van der Waals surface area contributed by atoms with Gasteiger partial charge in [0.05, 0.1) is 37.6 Å². The van der Waals surface area contributed by atoms with Crippen LogP contribution in [0.15, 0.2) is 42.5 Å². The highest BCUT2D eigenvalue weighted by atomic mass is 35.5. The Labute approximate surface area is 206 Å². The summed E-state index contributed by atoms with van der Waals surface area (Å²) in [6, 6.07) is 11.6. The molecule has 2 aromatic heterocycles. The normalized spacial score (nSPS) is 14.5. The summed E-state index contributed by atoms with van der Waals surface area (Å²) in [4.78, 5) is 11.4. The summed E-state index contributed by atoms with van der Waals surface area (Å²) in [5, 5.41) is 5.73. The minimum atomic E-state index is -0.693. The molecule has 1 aliphatic heterocycles. The number of ether oxygens (including phenoxy) is 2. The van der Waals surface area contributed by atoms with E-state index in [2.05, 4.69) is 15.0 Å². The maximum atomic E-state index is 14.8. The number of para-hydroxylation sites is 1. The summed E-state index contributed by atoms with van der Waals surface area (Å²) in [6.07, 6.45) is 0.